The van der Waals surface area contributed by atoms with Gasteiger partial charge in [0.1, 0.15) is 5.69 Å². The molecule has 2 aromatic carbocycles. The lowest BCUT2D eigenvalue weighted by Gasteiger charge is -2.12. The zero-order valence-electron chi connectivity index (χ0n) is 14.2. The van der Waals surface area contributed by atoms with Crippen LogP contribution in [-0.2, 0) is 22.7 Å². The zero-order chi connectivity index (χ0) is 19.8. The van der Waals surface area contributed by atoms with Crippen LogP contribution in [0.3, 0.4) is 0 Å². The van der Waals surface area contributed by atoms with E-state index in [1.54, 1.807) is 18.2 Å². The second-order valence-electron chi connectivity index (χ2n) is 5.79. The molecule has 0 aliphatic carbocycles. The molecule has 0 unspecified atom stereocenters. The van der Waals surface area contributed by atoms with Crippen molar-refractivity contribution in [2.75, 3.05) is 0 Å². The van der Waals surface area contributed by atoms with E-state index < -0.39 is 21.9 Å². The summed E-state index contributed by atoms with van der Waals surface area (Å²) in [5.41, 5.74) is -0.892. The lowest BCUT2D eigenvalue weighted by molar-refractivity contribution is -0.143. The third-order valence-corrected chi connectivity index (χ3v) is 5.00. The molecule has 0 fully saturated rings. The van der Waals surface area contributed by atoms with Gasteiger partial charge in [-0.2, -0.15) is 18.3 Å². The van der Waals surface area contributed by atoms with E-state index in [-0.39, 0.29) is 33.8 Å². The Balaban J connectivity index is 2.45. The van der Waals surface area contributed by atoms with Crippen molar-refractivity contribution in [3.8, 4) is 22.4 Å². The van der Waals surface area contributed by atoms with Gasteiger partial charge in [0.05, 0.1) is 4.90 Å². The van der Waals surface area contributed by atoms with Gasteiger partial charge in [-0.25, -0.2) is 13.6 Å². The summed E-state index contributed by atoms with van der Waals surface area (Å²) < 4.78 is 66.3. The van der Waals surface area contributed by atoms with Crippen LogP contribution < -0.4 is 5.14 Å². The number of nitrogens with two attached hydrogens (primary N) is 1. The molecule has 9 heteroatoms. The maximum absolute atomic E-state index is 13.8. The monoisotopic (exact) mass is 395 g/mol. The van der Waals surface area contributed by atoms with Crippen molar-refractivity contribution in [2.24, 2.45) is 5.14 Å². The molecule has 1 heterocycles. The fourth-order valence-electron chi connectivity index (χ4n) is 2.96. The number of sulfonamides is 1. The fourth-order valence-corrected chi connectivity index (χ4v) is 3.70. The lowest BCUT2D eigenvalue weighted by Crippen LogP contribution is -2.14. The lowest BCUT2D eigenvalue weighted by atomic mass is 9.98. The number of hydrogen-bond donors (Lipinski definition) is 1. The van der Waals surface area contributed by atoms with Gasteiger partial charge < -0.3 is 0 Å². The van der Waals surface area contributed by atoms with Gasteiger partial charge in [0.15, 0.2) is 5.69 Å². The normalized spacial score (nSPS) is 12.3. The Labute approximate surface area is 154 Å². The molecule has 0 atom stereocenters. The average Bonchev–Trinajstić information content (AvgIpc) is 3.01. The summed E-state index contributed by atoms with van der Waals surface area (Å²) in [4.78, 5) is -0.281. The molecule has 0 radical (unpaired) electrons. The van der Waals surface area contributed by atoms with Gasteiger partial charge in [-0.15, -0.1) is 0 Å². The Morgan fingerprint density at radius 3 is 2.19 bits per heavy atom. The van der Waals surface area contributed by atoms with Gasteiger partial charge in [0.25, 0.3) is 0 Å². The molecule has 0 aliphatic rings. The van der Waals surface area contributed by atoms with Crippen molar-refractivity contribution in [1.82, 2.24) is 9.78 Å². The van der Waals surface area contributed by atoms with Crippen LogP contribution in [0.15, 0.2) is 59.5 Å². The molecule has 0 amide bonds. The molecule has 2 N–H and O–H groups in total. The number of aromatic nitrogens is 2. The highest BCUT2D eigenvalue weighted by atomic mass is 32.2. The summed E-state index contributed by atoms with van der Waals surface area (Å²) in [6.45, 7) is 1.50. The number of rotatable bonds is 4. The summed E-state index contributed by atoms with van der Waals surface area (Å²) in [5, 5.41) is 9.35. The van der Waals surface area contributed by atoms with Crippen LogP contribution in [-0.4, -0.2) is 18.2 Å². The van der Waals surface area contributed by atoms with Crippen LogP contribution in [0.1, 0.15) is 12.6 Å². The van der Waals surface area contributed by atoms with Crippen molar-refractivity contribution in [2.45, 2.75) is 24.5 Å². The second kappa shape index (κ2) is 6.82. The fraction of sp³-hybridized carbons (Fsp3) is 0.167. The SMILES string of the molecule is CCn1nc(-c2ccccc2S(N)(=O)=O)c(-c2ccccc2)c1C(F)(F)F. The summed E-state index contributed by atoms with van der Waals surface area (Å²) >= 11 is 0. The number of aryl methyl sites for hydroxylation is 1. The quantitative estimate of drug-likeness (QED) is 0.728. The van der Waals surface area contributed by atoms with Crippen molar-refractivity contribution in [3.63, 3.8) is 0 Å². The van der Waals surface area contributed by atoms with Crippen molar-refractivity contribution in [3.05, 3.63) is 60.3 Å². The number of benzene rings is 2. The van der Waals surface area contributed by atoms with E-state index in [0.717, 1.165) is 4.68 Å². The molecule has 0 saturated carbocycles. The Kier molecular flexibility index (Phi) is 4.83. The minimum Gasteiger partial charge on any atom is -0.260 e. The standard InChI is InChI=1S/C18H16F3N3O2S/c1-2-24-17(18(19,20)21)15(12-8-4-3-5-9-12)16(23-24)13-10-6-7-11-14(13)27(22,25)26/h3-11H,2H2,1H3,(H2,22,25,26). The van der Waals surface area contributed by atoms with Crippen LogP contribution in [0.25, 0.3) is 22.4 Å². The molecule has 1 aromatic heterocycles. The van der Waals surface area contributed by atoms with Gasteiger partial charge in [-0.1, -0.05) is 48.5 Å². The third kappa shape index (κ3) is 3.60. The van der Waals surface area contributed by atoms with Crippen LogP contribution in [0.4, 0.5) is 13.2 Å². The van der Waals surface area contributed by atoms with Gasteiger partial charge in [0.2, 0.25) is 10.0 Å². The first-order valence-electron chi connectivity index (χ1n) is 8.00. The van der Waals surface area contributed by atoms with E-state index >= 15 is 0 Å². The molecule has 3 aromatic rings. The maximum Gasteiger partial charge on any atom is 0.433 e. The number of nitrogens with zero attached hydrogens (tertiary/aromatic N) is 2. The Morgan fingerprint density at radius 2 is 1.63 bits per heavy atom. The number of alkyl halides is 3. The van der Waals surface area contributed by atoms with Crippen molar-refractivity contribution < 1.29 is 21.6 Å². The molecular weight excluding hydrogens is 379 g/mol. The molecule has 3 rings (SSSR count). The third-order valence-electron chi connectivity index (χ3n) is 4.03. The average molecular weight is 395 g/mol. The minimum atomic E-state index is -4.68. The first-order valence-corrected chi connectivity index (χ1v) is 9.55. The summed E-state index contributed by atoms with van der Waals surface area (Å²) in [6.07, 6.45) is -4.68. The van der Waals surface area contributed by atoms with E-state index in [0.29, 0.717) is 0 Å². The Hall–Kier alpha value is -2.65. The highest BCUT2D eigenvalue weighted by molar-refractivity contribution is 7.89. The minimum absolute atomic E-state index is 0.0246. The molecule has 0 saturated heterocycles. The van der Waals surface area contributed by atoms with Crippen LogP contribution in [0, 0.1) is 0 Å². The maximum atomic E-state index is 13.8. The van der Waals surface area contributed by atoms with Gasteiger partial charge in [-0.05, 0) is 18.6 Å². The van der Waals surface area contributed by atoms with Crippen LogP contribution in [0.2, 0.25) is 0 Å². The van der Waals surface area contributed by atoms with E-state index in [2.05, 4.69) is 5.10 Å². The molecule has 0 spiro atoms. The number of hydrogen-bond acceptors (Lipinski definition) is 3. The predicted octanol–water partition coefficient (Wildman–Crippen LogP) is 3.90. The summed E-state index contributed by atoms with van der Waals surface area (Å²) in [5.74, 6) is 0. The van der Waals surface area contributed by atoms with Gasteiger partial charge in [0, 0.05) is 17.7 Å². The topological polar surface area (TPSA) is 78.0 Å². The summed E-state index contributed by atoms with van der Waals surface area (Å²) in [6, 6.07) is 13.6. The van der Waals surface area contributed by atoms with Gasteiger partial charge >= 0.3 is 6.18 Å². The molecule has 27 heavy (non-hydrogen) atoms. The first kappa shape index (κ1) is 19.1. The van der Waals surface area contributed by atoms with Crippen molar-refractivity contribution >= 4 is 10.0 Å². The second-order valence-corrected chi connectivity index (χ2v) is 7.32. The molecule has 5 nitrogen and oxygen atoms in total. The zero-order valence-corrected chi connectivity index (χ0v) is 15.1. The van der Waals surface area contributed by atoms with E-state index in [4.69, 9.17) is 5.14 Å². The Morgan fingerprint density at radius 1 is 1.04 bits per heavy atom. The van der Waals surface area contributed by atoms with Crippen LogP contribution in [0.5, 0.6) is 0 Å². The predicted molar refractivity (Wildman–Crippen MR) is 95.1 cm³/mol. The number of primary sulfonamides is 1. The van der Waals surface area contributed by atoms with Crippen molar-refractivity contribution in [1.29, 1.82) is 0 Å². The van der Waals surface area contributed by atoms with Crippen LogP contribution >= 0.6 is 0 Å². The molecule has 142 valence electrons. The molecular formula is C18H16F3N3O2S. The first-order chi connectivity index (χ1) is 12.6. The Bertz CT molecular complexity index is 1070. The smallest absolute Gasteiger partial charge is 0.260 e. The van der Waals surface area contributed by atoms with E-state index in [1.165, 1.54) is 43.3 Å². The highest BCUT2D eigenvalue weighted by Gasteiger charge is 2.40. The van der Waals surface area contributed by atoms with E-state index in [1.807, 2.05) is 0 Å². The number of halogens is 3. The highest BCUT2D eigenvalue weighted by Crippen LogP contribution is 2.43. The van der Waals surface area contributed by atoms with E-state index in [9.17, 15) is 21.6 Å². The summed E-state index contributed by atoms with van der Waals surface area (Å²) in [7, 11) is -4.16. The largest absolute Gasteiger partial charge is 0.433 e. The molecule has 0 aliphatic heterocycles. The van der Waals surface area contributed by atoms with Gasteiger partial charge in [-0.3, -0.25) is 4.68 Å². The molecule has 0 bridgehead atoms.